The van der Waals surface area contributed by atoms with Gasteiger partial charge in [-0.2, -0.15) is 4.72 Å². The first-order chi connectivity index (χ1) is 10.7. The molecule has 10 heteroatoms. The van der Waals surface area contributed by atoms with Crippen LogP contribution in [0.5, 0.6) is 0 Å². The lowest BCUT2D eigenvalue weighted by atomic mass is 10.3. The Balaban J connectivity index is 3.11. The third-order valence-corrected chi connectivity index (χ3v) is 4.68. The molecule has 0 aliphatic carbocycles. The third kappa shape index (κ3) is 5.35. The fourth-order valence-electron chi connectivity index (χ4n) is 1.51. The van der Waals surface area contributed by atoms with Crippen molar-refractivity contribution in [1.29, 1.82) is 0 Å². The van der Waals surface area contributed by atoms with Crippen molar-refractivity contribution in [2.45, 2.75) is 24.8 Å². The van der Waals surface area contributed by atoms with Gasteiger partial charge in [0.15, 0.2) is 0 Å². The Kier molecular flexibility index (Phi) is 7.27. The zero-order chi connectivity index (χ0) is 17.6. The molecule has 1 N–H and O–H groups in total. The number of halogens is 2. The van der Waals surface area contributed by atoms with Crippen molar-refractivity contribution >= 4 is 45.2 Å². The number of sulfonamides is 1. The maximum Gasteiger partial charge on any atom is 0.335 e. The van der Waals surface area contributed by atoms with Crippen molar-refractivity contribution < 1.29 is 27.5 Å². The average molecular weight is 384 g/mol. The molecule has 0 fully saturated rings. The number of esters is 2. The van der Waals surface area contributed by atoms with E-state index < -0.39 is 28.0 Å². The minimum atomic E-state index is -4.22. The van der Waals surface area contributed by atoms with Crippen LogP contribution in [-0.4, -0.2) is 39.6 Å². The highest BCUT2D eigenvalue weighted by Crippen LogP contribution is 2.24. The second-order valence-corrected chi connectivity index (χ2v) is 6.66. The van der Waals surface area contributed by atoms with E-state index in [0.29, 0.717) is 0 Å². The van der Waals surface area contributed by atoms with Gasteiger partial charge in [-0.3, -0.25) is 0 Å². The minimum absolute atomic E-state index is 0.0124. The summed E-state index contributed by atoms with van der Waals surface area (Å²) in [5, 5.41) is 0.177. The molecule has 1 aromatic carbocycles. The molecule has 0 bridgehead atoms. The molecule has 0 radical (unpaired) electrons. The van der Waals surface area contributed by atoms with Crippen molar-refractivity contribution in [1.82, 2.24) is 4.72 Å². The largest absolute Gasteiger partial charge is 0.464 e. The standard InChI is InChI=1S/C13H15Cl2NO6S/c1-3-21-12(17)11(13(18)22-4-2)16-23(19,20)8-5-6-9(14)10(15)7-8/h5-7,11,16H,3-4H2,1-2H3. The zero-order valence-corrected chi connectivity index (χ0v) is 14.7. The van der Waals surface area contributed by atoms with Crippen LogP contribution >= 0.6 is 23.2 Å². The van der Waals surface area contributed by atoms with E-state index in [2.05, 4.69) is 9.47 Å². The first-order valence-electron chi connectivity index (χ1n) is 6.53. The van der Waals surface area contributed by atoms with Gasteiger partial charge in [0.2, 0.25) is 16.1 Å². The Morgan fingerprint density at radius 3 is 2.04 bits per heavy atom. The quantitative estimate of drug-likeness (QED) is 0.568. The monoisotopic (exact) mass is 383 g/mol. The highest BCUT2D eigenvalue weighted by Gasteiger charge is 2.34. The Morgan fingerprint density at radius 1 is 1.09 bits per heavy atom. The fraction of sp³-hybridized carbons (Fsp3) is 0.385. The summed E-state index contributed by atoms with van der Waals surface area (Å²) in [6.07, 6.45) is 0. The van der Waals surface area contributed by atoms with E-state index in [1.54, 1.807) is 0 Å². The van der Waals surface area contributed by atoms with Crippen LogP contribution in [0.1, 0.15) is 13.8 Å². The summed E-state index contributed by atoms with van der Waals surface area (Å²) >= 11 is 11.5. The van der Waals surface area contributed by atoms with E-state index >= 15 is 0 Å². The number of carbonyl (C=O) groups is 2. The van der Waals surface area contributed by atoms with E-state index in [1.165, 1.54) is 26.0 Å². The third-order valence-electron chi connectivity index (χ3n) is 2.52. The number of hydrogen-bond acceptors (Lipinski definition) is 6. The lowest BCUT2D eigenvalue weighted by Crippen LogP contribution is -2.48. The normalized spacial score (nSPS) is 11.3. The molecule has 0 aliphatic rings. The van der Waals surface area contributed by atoms with Gasteiger partial charge in [0, 0.05) is 0 Å². The summed E-state index contributed by atoms with van der Waals surface area (Å²) in [6, 6.07) is 1.75. The summed E-state index contributed by atoms with van der Waals surface area (Å²) in [6.45, 7) is 2.99. The number of rotatable bonds is 7. The molecule has 0 saturated heterocycles. The first kappa shape index (κ1) is 19.7. The van der Waals surface area contributed by atoms with E-state index in [0.717, 1.165) is 6.07 Å². The molecule has 1 aromatic rings. The van der Waals surface area contributed by atoms with Crippen molar-refractivity contribution in [2.24, 2.45) is 0 Å². The van der Waals surface area contributed by atoms with E-state index in [4.69, 9.17) is 23.2 Å². The molecule has 0 spiro atoms. The molecule has 128 valence electrons. The van der Waals surface area contributed by atoms with Crippen molar-refractivity contribution in [3.05, 3.63) is 28.2 Å². The van der Waals surface area contributed by atoms with Crippen LogP contribution in [-0.2, 0) is 29.1 Å². The lowest BCUT2D eigenvalue weighted by molar-refractivity contribution is -0.157. The number of ether oxygens (including phenoxy) is 2. The minimum Gasteiger partial charge on any atom is -0.464 e. The van der Waals surface area contributed by atoms with Gasteiger partial charge >= 0.3 is 11.9 Å². The van der Waals surface area contributed by atoms with Crippen LogP contribution in [0.4, 0.5) is 0 Å². The fourth-order valence-corrected chi connectivity index (χ4v) is 3.03. The van der Waals surface area contributed by atoms with Crippen LogP contribution < -0.4 is 4.72 Å². The molecule has 0 aliphatic heterocycles. The van der Waals surface area contributed by atoms with Crippen molar-refractivity contribution in [3.63, 3.8) is 0 Å². The smallest absolute Gasteiger partial charge is 0.335 e. The maximum atomic E-state index is 12.3. The predicted octanol–water partition coefficient (Wildman–Crippen LogP) is 1.77. The van der Waals surface area contributed by atoms with Gasteiger partial charge in [-0.05, 0) is 32.0 Å². The number of nitrogens with one attached hydrogen (secondary N) is 1. The van der Waals surface area contributed by atoms with Gasteiger partial charge < -0.3 is 9.47 Å². The van der Waals surface area contributed by atoms with Gasteiger partial charge in [-0.1, -0.05) is 23.2 Å². The van der Waals surface area contributed by atoms with Gasteiger partial charge in [0.05, 0.1) is 28.2 Å². The van der Waals surface area contributed by atoms with Crippen LogP contribution in [0.2, 0.25) is 10.0 Å². The Labute approximate surface area is 143 Å². The van der Waals surface area contributed by atoms with E-state index in [-0.39, 0.29) is 28.2 Å². The molecular formula is C13H15Cl2NO6S. The molecule has 0 atom stereocenters. The molecule has 0 heterocycles. The molecule has 23 heavy (non-hydrogen) atoms. The van der Waals surface area contributed by atoms with Gasteiger partial charge in [-0.15, -0.1) is 0 Å². The second kappa shape index (κ2) is 8.49. The first-order valence-corrected chi connectivity index (χ1v) is 8.77. The van der Waals surface area contributed by atoms with E-state index in [1.807, 2.05) is 4.72 Å². The number of hydrogen-bond donors (Lipinski definition) is 1. The Morgan fingerprint density at radius 2 is 1.61 bits per heavy atom. The SMILES string of the molecule is CCOC(=O)C(NS(=O)(=O)c1ccc(Cl)c(Cl)c1)C(=O)OCC. The van der Waals surface area contributed by atoms with Crippen LogP contribution in [0.3, 0.4) is 0 Å². The Bertz CT molecular complexity index is 674. The predicted molar refractivity (Wildman–Crippen MR) is 83.8 cm³/mol. The molecule has 1 rings (SSSR count). The average Bonchev–Trinajstić information content (AvgIpc) is 2.48. The molecule has 0 aromatic heterocycles. The summed E-state index contributed by atoms with van der Waals surface area (Å²) < 4.78 is 35.9. The molecular weight excluding hydrogens is 369 g/mol. The summed E-state index contributed by atoms with van der Waals surface area (Å²) in [5.74, 6) is -2.12. The van der Waals surface area contributed by atoms with Crippen LogP contribution in [0.25, 0.3) is 0 Å². The Hall–Kier alpha value is -1.35. The topological polar surface area (TPSA) is 98.8 Å². The number of carbonyl (C=O) groups excluding carboxylic acids is 2. The second-order valence-electron chi connectivity index (χ2n) is 4.13. The van der Waals surface area contributed by atoms with E-state index in [9.17, 15) is 18.0 Å². The number of benzene rings is 1. The highest BCUT2D eigenvalue weighted by molar-refractivity contribution is 7.89. The van der Waals surface area contributed by atoms with Crippen LogP contribution in [0.15, 0.2) is 23.1 Å². The summed E-state index contributed by atoms with van der Waals surface area (Å²) in [4.78, 5) is 23.3. The maximum absolute atomic E-state index is 12.3. The highest BCUT2D eigenvalue weighted by atomic mass is 35.5. The summed E-state index contributed by atoms with van der Waals surface area (Å²) in [5.41, 5.74) is 0. The molecule has 7 nitrogen and oxygen atoms in total. The van der Waals surface area contributed by atoms with Gasteiger partial charge in [0.1, 0.15) is 0 Å². The van der Waals surface area contributed by atoms with Crippen molar-refractivity contribution in [2.75, 3.05) is 13.2 Å². The van der Waals surface area contributed by atoms with Crippen LogP contribution in [0, 0.1) is 0 Å². The lowest BCUT2D eigenvalue weighted by Gasteiger charge is -2.16. The summed E-state index contributed by atoms with van der Waals surface area (Å²) in [7, 11) is -4.22. The molecule has 0 unspecified atom stereocenters. The van der Waals surface area contributed by atoms with Crippen molar-refractivity contribution in [3.8, 4) is 0 Å². The van der Waals surface area contributed by atoms with Gasteiger partial charge in [-0.25, -0.2) is 18.0 Å². The molecule has 0 amide bonds. The zero-order valence-electron chi connectivity index (χ0n) is 12.3. The van der Waals surface area contributed by atoms with Gasteiger partial charge in [0.25, 0.3) is 0 Å². The molecule has 0 saturated carbocycles.